The first-order valence-electron chi connectivity index (χ1n) is 10.0. The molecule has 1 aromatic heterocycles. The maximum Gasteiger partial charge on any atom is 0.320 e. The lowest BCUT2D eigenvalue weighted by atomic mass is 9.53. The van der Waals surface area contributed by atoms with Gasteiger partial charge in [0.15, 0.2) is 5.82 Å². The summed E-state index contributed by atoms with van der Waals surface area (Å²) in [6, 6.07) is 6.13. The van der Waals surface area contributed by atoms with E-state index in [4.69, 9.17) is 11.6 Å². The van der Waals surface area contributed by atoms with Crippen LogP contribution < -0.4 is 10.6 Å². The molecule has 0 spiro atoms. The van der Waals surface area contributed by atoms with E-state index >= 15 is 0 Å². The fraction of sp³-hybridized carbons (Fsp3) is 0.524. The monoisotopic (exact) mass is 402 g/mol. The molecule has 4 aliphatic carbocycles. The molecule has 28 heavy (non-hydrogen) atoms. The van der Waals surface area contributed by atoms with Gasteiger partial charge < -0.3 is 5.32 Å². The Morgan fingerprint density at radius 3 is 2.50 bits per heavy atom. The molecule has 4 saturated carbocycles. The van der Waals surface area contributed by atoms with E-state index in [1.807, 2.05) is 0 Å². The number of rotatable bonds is 4. The van der Waals surface area contributed by atoms with Crippen LogP contribution in [0.25, 0.3) is 0 Å². The van der Waals surface area contributed by atoms with Crippen molar-refractivity contribution in [3.63, 3.8) is 0 Å². The van der Waals surface area contributed by atoms with Gasteiger partial charge in [0.1, 0.15) is 5.82 Å². The summed E-state index contributed by atoms with van der Waals surface area (Å²) in [5, 5.41) is 10.8. The van der Waals surface area contributed by atoms with Crippen molar-refractivity contribution in [2.45, 2.75) is 50.6 Å². The number of benzene rings is 1. The van der Waals surface area contributed by atoms with Crippen LogP contribution >= 0.6 is 11.6 Å². The summed E-state index contributed by atoms with van der Waals surface area (Å²) in [5.74, 6) is 2.41. The quantitative estimate of drug-likeness (QED) is 0.770. The van der Waals surface area contributed by atoms with Gasteiger partial charge in [-0.05, 0) is 68.4 Å². The Balaban J connectivity index is 1.23. The Labute approximate surface area is 168 Å². The largest absolute Gasteiger partial charge is 0.332 e. The summed E-state index contributed by atoms with van der Waals surface area (Å²) in [6.45, 7) is 0.212. The first kappa shape index (κ1) is 18.0. The van der Waals surface area contributed by atoms with Gasteiger partial charge in [0, 0.05) is 28.4 Å². The second-order valence-electron chi connectivity index (χ2n) is 8.88. The van der Waals surface area contributed by atoms with Crippen molar-refractivity contribution in [2.24, 2.45) is 17.8 Å². The van der Waals surface area contributed by atoms with Crippen molar-refractivity contribution >= 4 is 23.4 Å². The fourth-order valence-corrected chi connectivity index (χ4v) is 6.24. The van der Waals surface area contributed by atoms with E-state index < -0.39 is 0 Å². The molecule has 0 unspecified atom stereocenters. The molecule has 1 aromatic carbocycles. The van der Waals surface area contributed by atoms with E-state index in [2.05, 4.69) is 15.7 Å². The molecule has 2 amide bonds. The molecule has 0 atom stereocenters. The van der Waals surface area contributed by atoms with E-state index in [-0.39, 0.29) is 23.9 Å². The number of amides is 2. The first-order valence-corrected chi connectivity index (χ1v) is 10.4. The molecular formula is C21H24ClFN4O. The number of hydrogen-bond donors (Lipinski definition) is 2. The standard InChI is InChI=1S/C21H24ClFN4O/c22-17-2-1-3-18(23)16(17)12-27-5-4-19(26-27)24-20(28)25-21-9-13-6-14(10-21)8-15(7-13)11-21/h1-5,13-15H,6-12H2,(H2,24,25,26,28). The average molecular weight is 403 g/mol. The van der Waals surface area contributed by atoms with Crippen LogP contribution in [0.15, 0.2) is 30.5 Å². The Hall–Kier alpha value is -2.08. The van der Waals surface area contributed by atoms with Gasteiger partial charge in [0.05, 0.1) is 6.54 Å². The van der Waals surface area contributed by atoms with Gasteiger partial charge in [-0.3, -0.25) is 10.00 Å². The van der Waals surface area contributed by atoms with Crippen molar-refractivity contribution in [1.29, 1.82) is 0 Å². The zero-order valence-electron chi connectivity index (χ0n) is 15.6. The molecule has 5 nitrogen and oxygen atoms in total. The van der Waals surface area contributed by atoms with Crippen LogP contribution in [-0.2, 0) is 6.54 Å². The van der Waals surface area contributed by atoms with Gasteiger partial charge in [-0.15, -0.1) is 0 Å². The van der Waals surface area contributed by atoms with Gasteiger partial charge in [-0.1, -0.05) is 17.7 Å². The van der Waals surface area contributed by atoms with Gasteiger partial charge in [-0.25, -0.2) is 9.18 Å². The predicted octanol–water partition coefficient (Wildman–Crippen LogP) is 4.81. The number of nitrogens with zero attached hydrogens (tertiary/aromatic N) is 2. The van der Waals surface area contributed by atoms with Gasteiger partial charge in [-0.2, -0.15) is 5.10 Å². The molecule has 2 N–H and O–H groups in total. The third-order valence-electron chi connectivity index (χ3n) is 6.68. The highest BCUT2D eigenvalue weighted by Crippen LogP contribution is 2.55. The minimum absolute atomic E-state index is 0.0396. The SMILES string of the molecule is O=C(Nc1ccn(Cc2c(F)cccc2Cl)n1)NC12CC3CC(CC(C3)C1)C2. The number of carbonyl (C=O) groups excluding carboxylic acids is 1. The van der Waals surface area contributed by atoms with Gasteiger partial charge in [0.25, 0.3) is 0 Å². The van der Waals surface area contributed by atoms with Crippen LogP contribution in [-0.4, -0.2) is 21.4 Å². The lowest BCUT2D eigenvalue weighted by Gasteiger charge is -2.56. The Morgan fingerprint density at radius 2 is 1.86 bits per heavy atom. The lowest BCUT2D eigenvalue weighted by molar-refractivity contribution is -0.0127. The zero-order chi connectivity index (χ0) is 19.3. The summed E-state index contributed by atoms with van der Waals surface area (Å²) in [4.78, 5) is 12.6. The van der Waals surface area contributed by atoms with Crippen LogP contribution in [0.4, 0.5) is 15.0 Å². The molecule has 4 bridgehead atoms. The molecule has 1 heterocycles. The number of hydrogen-bond acceptors (Lipinski definition) is 2. The van der Waals surface area contributed by atoms with E-state index in [0.29, 0.717) is 16.4 Å². The molecule has 148 valence electrons. The van der Waals surface area contributed by atoms with Gasteiger partial charge in [0.2, 0.25) is 0 Å². The van der Waals surface area contributed by atoms with E-state index in [1.165, 1.54) is 25.3 Å². The second-order valence-corrected chi connectivity index (χ2v) is 9.28. The minimum atomic E-state index is -0.364. The third-order valence-corrected chi connectivity index (χ3v) is 7.04. The van der Waals surface area contributed by atoms with Crippen LogP contribution in [0.1, 0.15) is 44.1 Å². The smallest absolute Gasteiger partial charge is 0.320 e. The van der Waals surface area contributed by atoms with Crippen LogP contribution in [0, 0.1) is 23.6 Å². The maximum atomic E-state index is 14.0. The van der Waals surface area contributed by atoms with E-state index in [1.54, 1.807) is 29.1 Å². The van der Waals surface area contributed by atoms with Crippen LogP contribution in [0.5, 0.6) is 0 Å². The molecule has 2 aromatic rings. The molecule has 4 fully saturated rings. The number of carbonyl (C=O) groups is 1. The summed E-state index contributed by atoms with van der Waals surface area (Å²) < 4.78 is 15.5. The summed E-state index contributed by atoms with van der Waals surface area (Å²) in [5.41, 5.74) is 0.346. The number of halogens is 2. The topological polar surface area (TPSA) is 59.0 Å². The van der Waals surface area contributed by atoms with Crippen molar-refractivity contribution in [3.8, 4) is 0 Å². The summed E-state index contributed by atoms with van der Waals surface area (Å²) in [7, 11) is 0. The molecule has 0 aliphatic heterocycles. The predicted molar refractivity (Wildman–Crippen MR) is 106 cm³/mol. The molecule has 7 heteroatoms. The molecule has 0 radical (unpaired) electrons. The fourth-order valence-electron chi connectivity index (χ4n) is 6.01. The number of aromatic nitrogens is 2. The Bertz CT molecular complexity index is 856. The number of anilines is 1. The van der Waals surface area contributed by atoms with E-state index in [0.717, 1.165) is 37.0 Å². The van der Waals surface area contributed by atoms with Gasteiger partial charge >= 0.3 is 6.03 Å². The highest BCUT2D eigenvalue weighted by Gasteiger charge is 2.51. The van der Waals surface area contributed by atoms with Crippen molar-refractivity contribution in [3.05, 3.63) is 46.9 Å². The third kappa shape index (κ3) is 3.39. The number of urea groups is 1. The normalized spacial score (nSPS) is 30.4. The highest BCUT2D eigenvalue weighted by molar-refractivity contribution is 6.31. The molecule has 0 saturated heterocycles. The van der Waals surface area contributed by atoms with Crippen molar-refractivity contribution in [1.82, 2.24) is 15.1 Å². The Morgan fingerprint density at radius 1 is 1.18 bits per heavy atom. The van der Waals surface area contributed by atoms with Crippen LogP contribution in [0.2, 0.25) is 5.02 Å². The van der Waals surface area contributed by atoms with Crippen molar-refractivity contribution < 1.29 is 9.18 Å². The molecule has 4 aliphatic rings. The first-order chi connectivity index (χ1) is 13.5. The number of nitrogens with one attached hydrogen (secondary N) is 2. The maximum absolute atomic E-state index is 14.0. The zero-order valence-corrected chi connectivity index (χ0v) is 16.4. The van der Waals surface area contributed by atoms with Crippen LogP contribution in [0.3, 0.4) is 0 Å². The molecular weight excluding hydrogens is 379 g/mol. The van der Waals surface area contributed by atoms with E-state index in [9.17, 15) is 9.18 Å². The summed E-state index contributed by atoms with van der Waals surface area (Å²) in [6.07, 6.45) is 9.04. The molecule has 6 rings (SSSR count). The summed E-state index contributed by atoms with van der Waals surface area (Å²) >= 11 is 6.08. The Kier molecular flexibility index (Phi) is 4.34. The lowest BCUT2D eigenvalue weighted by Crippen LogP contribution is -2.60. The average Bonchev–Trinajstić information content (AvgIpc) is 3.03. The minimum Gasteiger partial charge on any atom is -0.332 e. The van der Waals surface area contributed by atoms with Crippen molar-refractivity contribution in [2.75, 3.05) is 5.32 Å². The highest BCUT2D eigenvalue weighted by atomic mass is 35.5. The second kappa shape index (κ2) is 6.76.